The number of carbonyl (C=O) groups is 3. The zero-order valence-electron chi connectivity index (χ0n) is 16.7. The molecule has 29 heavy (non-hydrogen) atoms. The van der Waals surface area contributed by atoms with Crippen LogP contribution in [0.25, 0.3) is 0 Å². The van der Waals surface area contributed by atoms with E-state index in [9.17, 15) is 14.4 Å². The second-order valence-electron chi connectivity index (χ2n) is 6.96. The van der Waals surface area contributed by atoms with E-state index in [2.05, 4.69) is 5.32 Å². The number of amides is 3. The third kappa shape index (κ3) is 5.34. The van der Waals surface area contributed by atoms with E-state index in [0.717, 1.165) is 11.3 Å². The first-order valence-corrected chi connectivity index (χ1v) is 9.54. The number of hydrogen-bond acceptors (Lipinski definition) is 4. The summed E-state index contributed by atoms with van der Waals surface area (Å²) in [5.74, 6) is 0.531. The van der Waals surface area contributed by atoms with Gasteiger partial charge in [-0.15, -0.1) is 0 Å². The SMILES string of the molecule is COc1ccc(CC(=O)N2CCN(C(=O)c3cccc(NC(C)=O)c3)CC2)cc1. The quantitative estimate of drug-likeness (QED) is 0.842. The number of rotatable bonds is 5. The fourth-order valence-corrected chi connectivity index (χ4v) is 3.30. The van der Waals surface area contributed by atoms with Crippen molar-refractivity contribution in [3.8, 4) is 5.75 Å². The molecule has 0 spiro atoms. The first-order chi connectivity index (χ1) is 14.0. The summed E-state index contributed by atoms with van der Waals surface area (Å²) in [6.45, 7) is 3.41. The molecular formula is C22H25N3O4. The molecule has 1 heterocycles. The van der Waals surface area contributed by atoms with E-state index < -0.39 is 0 Å². The topological polar surface area (TPSA) is 79.0 Å². The zero-order valence-corrected chi connectivity index (χ0v) is 16.7. The van der Waals surface area contributed by atoms with Crippen LogP contribution in [0.15, 0.2) is 48.5 Å². The van der Waals surface area contributed by atoms with Gasteiger partial charge in [-0.3, -0.25) is 14.4 Å². The van der Waals surface area contributed by atoms with Crippen molar-refractivity contribution in [2.75, 3.05) is 38.6 Å². The summed E-state index contributed by atoms with van der Waals surface area (Å²) >= 11 is 0. The summed E-state index contributed by atoms with van der Waals surface area (Å²) in [4.78, 5) is 40.1. The molecule has 0 aromatic heterocycles. The lowest BCUT2D eigenvalue weighted by Crippen LogP contribution is -2.51. The number of hydrogen-bond donors (Lipinski definition) is 1. The van der Waals surface area contributed by atoms with Crippen LogP contribution in [0.2, 0.25) is 0 Å². The van der Waals surface area contributed by atoms with Crippen LogP contribution in [0.1, 0.15) is 22.8 Å². The van der Waals surface area contributed by atoms with E-state index in [1.165, 1.54) is 6.92 Å². The molecule has 0 bridgehead atoms. The number of benzene rings is 2. The van der Waals surface area contributed by atoms with Crippen molar-refractivity contribution in [1.29, 1.82) is 0 Å². The van der Waals surface area contributed by atoms with Crippen molar-refractivity contribution in [2.24, 2.45) is 0 Å². The summed E-state index contributed by atoms with van der Waals surface area (Å²) in [7, 11) is 1.61. The van der Waals surface area contributed by atoms with Gasteiger partial charge in [-0.2, -0.15) is 0 Å². The average Bonchev–Trinajstić information content (AvgIpc) is 2.73. The maximum Gasteiger partial charge on any atom is 0.254 e. The molecule has 0 atom stereocenters. The Morgan fingerprint density at radius 3 is 2.24 bits per heavy atom. The van der Waals surface area contributed by atoms with Gasteiger partial charge in [-0.25, -0.2) is 0 Å². The number of anilines is 1. The van der Waals surface area contributed by atoms with E-state index in [4.69, 9.17) is 4.74 Å². The summed E-state index contributed by atoms with van der Waals surface area (Å²) < 4.78 is 5.13. The van der Waals surface area contributed by atoms with E-state index in [0.29, 0.717) is 43.9 Å². The minimum atomic E-state index is -0.182. The highest BCUT2D eigenvalue weighted by Gasteiger charge is 2.25. The molecule has 3 amide bonds. The number of piperazine rings is 1. The van der Waals surface area contributed by atoms with Crippen LogP contribution in [0.3, 0.4) is 0 Å². The van der Waals surface area contributed by atoms with Crippen molar-refractivity contribution in [2.45, 2.75) is 13.3 Å². The van der Waals surface area contributed by atoms with Gasteiger partial charge in [0.15, 0.2) is 0 Å². The van der Waals surface area contributed by atoms with Gasteiger partial charge in [0, 0.05) is 44.4 Å². The largest absolute Gasteiger partial charge is 0.497 e. The predicted molar refractivity (Wildman–Crippen MR) is 110 cm³/mol. The van der Waals surface area contributed by atoms with E-state index in [-0.39, 0.29) is 17.7 Å². The van der Waals surface area contributed by atoms with Gasteiger partial charge in [-0.05, 0) is 35.9 Å². The normalized spacial score (nSPS) is 13.7. The van der Waals surface area contributed by atoms with Gasteiger partial charge >= 0.3 is 0 Å². The van der Waals surface area contributed by atoms with Gasteiger partial charge in [0.2, 0.25) is 11.8 Å². The monoisotopic (exact) mass is 395 g/mol. The molecule has 2 aromatic carbocycles. The number of nitrogens with zero attached hydrogens (tertiary/aromatic N) is 2. The van der Waals surface area contributed by atoms with Crippen LogP contribution < -0.4 is 10.1 Å². The number of carbonyl (C=O) groups excluding carboxylic acids is 3. The minimum absolute atomic E-state index is 0.0509. The Labute approximate surface area is 170 Å². The Kier molecular flexibility index (Phi) is 6.49. The summed E-state index contributed by atoms with van der Waals surface area (Å²) in [6.07, 6.45) is 0.330. The summed E-state index contributed by atoms with van der Waals surface area (Å²) in [6, 6.07) is 14.3. The highest BCUT2D eigenvalue weighted by Crippen LogP contribution is 2.16. The van der Waals surface area contributed by atoms with Gasteiger partial charge in [0.05, 0.1) is 13.5 Å². The van der Waals surface area contributed by atoms with Crippen molar-refractivity contribution >= 4 is 23.4 Å². The molecule has 1 N–H and O–H groups in total. The lowest BCUT2D eigenvalue weighted by molar-refractivity contribution is -0.131. The fourth-order valence-electron chi connectivity index (χ4n) is 3.30. The fraction of sp³-hybridized carbons (Fsp3) is 0.318. The number of ether oxygens (including phenoxy) is 1. The molecular weight excluding hydrogens is 370 g/mol. The highest BCUT2D eigenvalue weighted by molar-refractivity contribution is 5.97. The molecule has 1 fully saturated rings. The molecule has 3 rings (SSSR count). The lowest BCUT2D eigenvalue weighted by atomic mass is 10.1. The molecule has 0 radical (unpaired) electrons. The molecule has 7 heteroatoms. The molecule has 2 aromatic rings. The number of nitrogens with one attached hydrogen (secondary N) is 1. The number of methoxy groups -OCH3 is 1. The third-order valence-corrected chi connectivity index (χ3v) is 4.86. The molecule has 7 nitrogen and oxygen atoms in total. The van der Waals surface area contributed by atoms with Crippen molar-refractivity contribution in [1.82, 2.24) is 9.80 Å². The zero-order chi connectivity index (χ0) is 20.8. The maximum absolute atomic E-state index is 12.8. The van der Waals surface area contributed by atoms with Crippen molar-refractivity contribution in [3.63, 3.8) is 0 Å². The Bertz CT molecular complexity index is 887. The smallest absolute Gasteiger partial charge is 0.254 e. The van der Waals surface area contributed by atoms with Crippen LogP contribution in [-0.2, 0) is 16.0 Å². The maximum atomic E-state index is 12.8. The van der Waals surface area contributed by atoms with E-state index in [1.54, 1.807) is 41.2 Å². The predicted octanol–water partition coefficient (Wildman–Crippen LogP) is 2.18. The molecule has 0 saturated carbocycles. The molecule has 1 aliphatic rings. The van der Waals surface area contributed by atoms with Crippen LogP contribution in [0.5, 0.6) is 5.75 Å². The van der Waals surface area contributed by atoms with Crippen molar-refractivity contribution < 1.29 is 19.1 Å². The highest BCUT2D eigenvalue weighted by atomic mass is 16.5. The Hall–Kier alpha value is -3.35. The standard InChI is InChI=1S/C22H25N3O4/c1-16(26)23-19-5-3-4-18(15-19)22(28)25-12-10-24(11-13-25)21(27)14-17-6-8-20(29-2)9-7-17/h3-9,15H,10-14H2,1-2H3,(H,23,26). The van der Waals surface area contributed by atoms with Crippen LogP contribution in [0, 0.1) is 0 Å². The minimum Gasteiger partial charge on any atom is -0.497 e. The molecule has 0 unspecified atom stereocenters. The third-order valence-electron chi connectivity index (χ3n) is 4.86. The summed E-state index contributed by atoms with van der Waals surface area (Å²) in [5, 5.41) is 2.68. The van der Waals surface area contributed by atoms with Gasteiger partial charge < -0.3 is 19.9 Å². The summed E-state index contributed by atoms with van der Waals surface area (Å²) in [5.41, 5.74) is 2.05. The second-order valence-corrected chi connectivity index (χ2v) is 6.96. The first kappa shape index (κ1) is 20.4. The molecule has 0 aliphatic carbocycles. The second kappa shape index (κ2) is 9.23. The Balaban J connectivity index is 1.54. The van der Waals surface area contributed by atoms with E-state index >= 15 is 0 Å². The van der Waals surface area contributed by atoms with Gasteiger partial charge in [0.1, 0.15) is 5.75 Å². The molecule has 1 aliphatic heterocycles. The van der Waals surface area contributed by atoms with Crippen LogP contribution in [0.4, 0.5) is 5.69 Å². The Morgan fingerprint density at radius 2 is 1.62 bits per heavy atom. The molecule has 1 saturated heterocycles. The van der Waals surface area contributed by atoms with Crippen molar-refractivity contribution in [3.05, 3.63) is 59.7 Å². The van der Waals surface area contributed by atoms with Gasteiger partial charge in [0.25, 0.3) is 5.91 Å². The van der Waals surface area contributed by atoms with Crippen LogP contribution in [-0.4, -0.2) is 60.8 Å². The van der Waals surface area contributed by atoms with Crippen LogP contribution >= 0.6 is 0 Å². The lowest BCUT2D eigenvalue weighted by Gasteiger charge is -2.35. The first-order valence-electron chi connectivity index (χ1n) is 9.54. The average molecular weight is 395 g/mol. The molecule has 152 valence electrons. The van der Waals surface area contributed by atoms with Gasteiger partial charge in [-0.1, -0.05) is 18.2 Å². The van der Waals surface area contributed by atoms with E-state index in [1.807, 2.05) is 24.3 Å². The Morgan fingerprint density at radius 1 is 0.966 bits per heavy atom.